The molecule has 0 spiro atoms. The van der Waals surface area contributed by atoms with Crippen LogP contribution in [0.5, 0.6) is 0 Å². The van der Waals surface area contributed by atoms with Crippen molar-refractivity contribution in [2.45, 2.75) is 144 Å². The van der Waals surface area contributed by atoms with Crippen LogP contribution in [0.1, 0.15) is 120 Å². The fourth-order valence-electron chi connectivity index (χ4n) is 11.1. The van der Waals surface area contributed by atoms with E-state index >= 15 is 0 Å². The van der Waals surface area contributed by atoms with Gasteiger partial charge in [0.15, 0.2) is 0 Å². The van der Waals surface area contributed by atoms with E-state index in [1.165, 1.54) is 6.92 Å². The molecule has 43 heavy (non-hydrogen) atoms. The Kier molecular flexibility index (Phi) is 9.05. The normalized spacial score (nSPS) is 41.9. The summed E-state index contributed by atoms with van der Waals surface area (Å²) in [6.07, 6.45) is 4.89. The molecule has 4 fully saturated rings. The highest BCUT2D eigenvalue weighted by atomic mass is 16.5. The molecule has 11 atom stereocenters. The third kappa shape index (κ3) is 5.69. The summed E-state index contributed by atoms with van der Waals surface area (Å²) in [7, 11) is 0. The zero-order valence-electron chi connectivity index (χ0n) is 27.7. The molecule has 4 saturated carbocycles. The molecule has 244 valence electrons. The molecule has 0 aromatic rings. The summed E-state index contributed by atoms with van der Waals surface area (Å²) in [5.41, 5.74) is -0.988. The number of hydrogen-bond donors (Lipinski definition) is 3. The van der Waals surface area contributed by atoms with Gasteiger partial charge in [0.05, 0.1) is 11.7 Å². The van der Waals surface area contributed by atoms with Crippen LogP contribution < -0.4 is 0 Å². The van der Waals surface area contributed by atoms with E-state index in [0.717, 1.165) is 38.5 Å². The maximum atomic E-state index is 12.6. The molecular formula is C35H56O8. The number of fused-ring (bicyclic) bond motifs is 5. The number of carbonyl (C=O) groups is 3. The molecule has 0 aliphatic heterocycles. The molecule has 0 aromatic heterocycles. The van der Waals surface area contributed by atoms with Crippen LogP contribution in [0.15, 0.2) is 12.2 Å². The largest absolute Gasteiger partial charge is 0.481 e. The lowest BCUT2D eigenvalue weighted by molar-refractivity contribution is -0.252. The third-order valence-electron chi connectivity index (χ3n) is 13.5. The van der Waals surface area contributed by atoms with Crippen LogP contribution >= 0.6 is 0 Å². The zero-order valence-corrected chi connectivity index (χ0v) is 27.7. The van der Waals surface area contributed by atoms with E-state index in [-0.39, 0.29) is 63.5 Å². The second-order valence-electron chi connectivity index (χ2n) is 16.2. The van der Waals surface area contributed by atoms with Crippen LogP contribution in [0.3, 0.4) is 0 Å². The molecule has 4 rings (SSSR count). The van der Waals surface area contributed by atoms with Gasteiger partial charge in [0.2, 0.25) is 0 Å². The van der Waals surface area contributed by atoms with Crippen LogP contribution in [0.4, 0.5) is 0 Å². The van der Waals surface area contributed by atoms with Gasteiger partial charge in [-0.3, -0.25) is 14.4 Å². The number of aliphatic hydroxyl groups excluding tert-OH is 1. The van der Waals surface area contributed by atoms with Crippen molar-refractivity contribution in [1.82, 2.24) is 0 Å². The van der Waals surface area contributed by atoms with Crippen LogP contribution in [-0.2, 0) is 23.9 Å². The standard InChI is InChI=1S/C35H56O8/c1-20(2)23(37)11-17-35(9,41)22-10-15-34(8)30(22)24(42-21(3)36)18-26-32(6)14-13-27(43-29(40)19-28(38)39)31(4,5)25(32)12-16-33(26,34)7/h22-27,30,37,41H,1,10-19H2,2-9H3,(H,38,39)/t22-,23+,24+,25-,26+,27+,30-,32-,33+,34+,35-/m0/s1. The van der Waals surface area contributed by atoms with Gasteiger partial charge >= 0.3 is 17.9 Å². The zero-order chi connectivity index (χ0) is 32.3. The number of rotatable bonds is 9. The van der Waals surface area contributed by atoms with Crippen molar-refractivity contribution in [3.63, 3.8) is 0 Å². The minimum Gasteiger partial charge on any atom is -0.481 e. The summed E-state index contributed by atoms with van der Waals surface area (Å²) in [4.78, 5) is 36.1. The Hall–Kier alpha value is -1.93. The van der Waals surface area contributed by atoms with Crippen molar-refractivity contribution in [2.75, 3.05) is 0 Å². The summed E-state index contributed by atoms with van der Waals surface area (Å²) in [5, 5.41) is 31.5. The van der Waals surface area contributed by atoms with Gasteiger partial charge < -0.3 is 24.8 Å². The van der Waals surface area contributed by atoms with Crippen LogP contribution in [0, 0.1) is 45.3 Å². The van der Waals surface area contributed by atoms with E-state index in [1.54, 1.807) is 6.92 Å². The average Bonchev–Trinajstić information content (AvgIpc) is 3.25. The smallest absolute Gasteiger partial charge is 0.317 e. The highest BCUT2D eigenvalue weighted by molar-refractivity contribution is 5.90. The van der Waals surface area contributed by atoms with E-state index in [4.69, 9.17) is 14.6 Å². The van der Waals surface area contributed by atoms with Gasteiger partial charge in [-0.15, -0.1) is 0 Å². The number of aliphatic hydroxyl groups is 2. The van der Waals surface area contributed by atoms with Crippen LogP contribution in [0.25, 0.3) is 0 Å². The summed E-state index contributed by atoms with van der Waals surface area (Å²) in [6.45, 7) is 20.5. The van der Waals surface area contributed by atoms with E-state index in [2.05, 4.69) is 41.2 Å². The lowest BCUT2D eigenvalue weighted by atomic mass is 9.35. The molecule has 3 N–H and O–H groups in total. The number of carboxylic acid groups (broad SMARTS) is 1. The Bertz CT molecular complexity index is 1130. The first-order chi connectivity index (χ1) is 19.7. The Morgan fingerprint density at radius 1 is 0.953 bits per heavy atom. The maximum Gasteiger partial charge on any atom is 0.317 e. The Morgan fingerprint density at radius 3 is 2.16 bits per heavy atom. The predicted molar refractivity (Wildman–Crippen MR) is 163 cm³/mol. The average molecular weight is 605 g/mol. The van der Waals surface area contributed by atoms with Gasteiger partial charge in [-0.25, -0.2) is 0 Å². The molecule has 4 aliphatic rings. The van der Waals surface area contributed by atoms with E-state index < -0.39 is 30.1 Å². The van der Waals surface area contributed by atoms with E-state index in [0.29, 0.717) is 24.8 Å². The number of esters is 2. The minimum absolute atomic E-state index is 0.00362. The quantitative estimate of drug-likeness (QED) is 0.164. The van der Waals surface area contributed by atoms with E-state index in [9.17, 15) is 24.6 Å². The summed E-state index contributed by atoms with van der Waals surface area (Å²) >= 11 is 0. The second kappa shape index (κ2) is 11.5. The number of carboxylic acids is 1. The molecule has 0 unspecified atom stereocenters. The van der Waals surface area contributed by atoms with Crippen LogP contribution in [-0.4, -0.2) is 57.1 Å². The van der Waals surface area contributed by atoms with Crippen molar-refractivity contribution < 1.29 is 39.2 Å². The third-order valence-corrected chi connectivity index (χ3v) is 13.5. The first kappa shape index (κ1) is 34.0. The summed E-state index contributed by atoms with van der Waals surface area (Å²) in [5.74, 6) is -1.73. The highest BCUT2D eigenvalue weighted by Gasteiger charge is 2.72. The lowest BCUT2D eigenvalue weighted by Gasteiger charge is -2.70. The predicted octanol–water partition coefficient (Wildman–Crippen LogP) is 6.07. The molecule has 0 aromatic carbocycles. The van der Waals surface area contributed by atoms with Gasteiger partial charge in [-0.2, -0.15) is 0 Å². The van der Waals surface area contributed by atoms with Crippen LogP contribution in [0.2, 0.25) is 0 Å². The van der Waals surface area contributed by atoms with Gasteiger partial charge in [0.1, 0.15) is 18.6 Å². The Labute approximate surface area is 258 Å². The van der Waals surface area contributed by atoms with Crippen molar-refractivity contribution in [3.05, 3.63) is 12.2 Å². The molecule has 0 saturated heterocycles. The first-order valence-electron chi connectivity index (χ1n) is 16.3. The number of ether oxygens (including phenoxy) is 2. The fraction of sp³-hybridized carbons (Fsp3) is 0.857. The molecular weight excluding hydrogens is 548 g/mol. The minimum atomic E-state index is -1.18. The monoisotopic (exact) mass is 604 g/mol. The lowest BCUT2D eigenvalue weighted by Crippen LogP contribution is -2.67. The first-order valence-corrected chi connectivity index (χ1v) is 16.3. The number of hydrogen-bond acceptors (Lipinski definition) is 7. The molecule has 8 heteroatoms. The molecule has 0 amide bonds. The molecule has 8 nitrogen and oxygen atoms in total. The summed E-state index contributed by atoms with van der Waals surface area (Å²) < 4.78 is 12.0. The second-order valence-corrected chi connectivity index (χ2v) is 16.2. The summed E-state index contributed by atoms with van der Waals surface area (Å²) in [6, 6.07) is 0. The molecule has 0 bridgehead atoms. The molecule has 0 radical (unpaired) electrons. The number of carbonyl (C=O) groups excluding carboxylic acids is 2. The Balaban J connectivity index is 1.67. The molecule has 4 aliphatic carbocycles. The van der Waals surface area contributed by atoms with E-state index in [1.807, 2.05) is 6.92 Å². The SMILES string of the molecule is C=C(C)[C@H](O)CC[C@](C)(O)[C@H]1CC[C@]2(C)[C@@H]1[C@H](OC(C)=O)C[C@@H]1[C@@]3(C)CC[C@@H](OC(=O)CC(=O)O)C(C)(C)[C@@H]3CC[C@]12C. The van der Waals surface area contributed by atoms with Gasteiger partial charge in [0, 0.05) is 18.3 Å². The molecule has 0 heterocycles. The van der Waals surface area contributed by atoms with Gasteiger partial charge in [0.25, 0.3) is 0 Å². The Morgan fingerprint density at radius 2 is 1.58 bits per heavy atom. The topological polar surface area (TPSA) is 130 Å². The fourth-order valence-corrected chi connectivity index (χ4v) is 11.1. The van der Waals surface area contributed by atoms with Crippen molar-refractivity contribution in [2.24, 2.45) is 45.3 Å². The van der Waals surface area contributed by atoms with Crippen molar-refractivity contribution >= 4 is 17.9 Å². The highest BCUT2D eigenvalue weighted by Crippen LogP contribution is 2.76. The van der Waals surface area contributed by atoms with Gasteiger partial charge in [-0.05, 0) is 106 Å². The van der Waals surface area contributed by atoms with Crippen molar-refractivity contribution in [1.29, 1.82) is 0 Å². The van der Waals surface area contributed by atoms with Crippen molar-refractivity contribution in [3.8, 4) is 0 Å². The number of aliphatic carboxylic acids is 1. The maximum absolute atomic E-state index is 12.6. The van der Waals surface area contributed by atoms with Gasteiger partial charge in [-0.1, -0.05) is 46.8 Å².